The molecule has 7 nitrogen and oxygen atoms in total. The van der Waals surface area contributed by atoms with Crippen LogP contribution in [0.4, 0.5) is 11.4 Å². The summed E-state index contributed by atoms with van der Waals surface area (Å²) >= 11 is 11.7. The number of hydrogen-bond acceptors (Lipinski definition) is 6. The predicted octanol–water partition coefficient (Wildman–Crippen LogP) is 6.16. The minimum absolute atomic E-state index is 0.0195. The lowest BCUT2D eigenvalue weighted by Gasteiger charge is -2.23. The highest BCUT2D eigenvalue weighted by Gasteiger charge is 2.27. The van der Waals surface area contributed by atoms with Crippen molar-refractivity contribution in [1.82, 2.24) is 4.31 Å². The summed E-state index contributed by atoms with van der Waals surface area (Å²) in [5, 5.41) is 0.226. The first-order valence-corrected chi connectivity index (χ1v) is 15.5. The van der Waals surface area contributed by atoms with Crippen LogP contribution in [0.5, 0.6) is 0 Å². The van der Waals surface area contributed by atoms with Gasteiger partial charge in [-0.25, -0.2) is 16.8 Å². The minimum atomic E-state index is -3.83. The molecular formula is C26H24Cl3N3O4S2. The monoisotopic (exact) mass is 611 g/mol. The van der Waals surface area contributed by atoms with E-state index in [0.29, 0.717) is 11.4 Å². The van der Waals surface area contributed by atoms with E-state index in [1.165, 1.54) is 34.6 Å². The molecule has 0 aliphatic heterocycles. The van der Waals surface area contributed by atoms with Gasteiger partial charge in [0.1, 0.15) is 9.79 Å². The van der Waals surface area contributed by atoms with Crippen molar-refractivity contribution in [2.75, 3.05) is 11.5 Å². The Morgan fingerprint density at radius 2 is 1.00 bits per heavy atom. The second kappa shape index (κ2) is 12.8. The molecule has 0 saturated heterocycles. The van der Waals surface area contributed by atoms with Gasteiger partial charge in [-0.3, -0.25) is 0 Å². The van der Waals surface area contributed by atoms with Crippen LogP contribution in [0.2, 0.25) is 10.0 Å². The smallest absolute Gasteiger partial charge is 0.262 e. The molecular weight excluding hydrogens is 589 g/mol. The van der Waals surface area contributed by atoms with Crippen LogP contribution in [-0.4, -0.2) is 21.1 Å². The summed E-state index contributed by atoms with van der Waals surface area (Å²) in [7, 11) is -2.56. The maximum atomic E-state index is 13.3. The van der Waals surface area contributed by atoms with Gasteiger partial charge in [0.15, 0.2) is 0 Å². The quantitative estimate of drug-likeness (QED) is 0.190. The fourth-order valence-corrected chi connectivity index (χ4v) is 6.79. The van der Waals surface area contributed by atoms with Gasteiger partial charge in [0, 0.05) is 35.1 Å². The molecule has 4 rings (SSSR count). The zero-order chi connectivity index (χ0) is 27.9. The molecule has 4 aromatic carbocycles. The van der Waals surface area contributed by atoms with Gasteiger partial charge < -0.3 is 11.5 Å². The molecule has 4 N–H and O–H groups in total. The molecule has 0 saturated carbocycles. The fraction of sp³-hybridized carbons (Fsp3) is 0.0769. The number of sulfonamides is 1. The summed E-state index contributed by atoms with van der Waals surface area (Å²) in [6.45, 7) is 0.479. The molecule has 4 aromatic rings. The second-order valence-electron chi connectivity index (χ2n) is 8.06. The number of nitrogen functional groups attached to an aromatic ring is 2. The molecule has 0 unspecified atom stereocenters. The topological polar surface area (TPSA) is 124 Å². The Kier molecular flexibility index (Phi) is 10.1. The van der Waals surface area contributed by atoms with Gasteiger partial charge in [0.05, 0.1) is 10.0 Å². The number of anilines is 2. The molecule has 0 fully saturated rings. The standard InChI is InChI=1S/C20H19ClN2O2S.C6H5Cl2NO2S/c21-19-12-11-18(22)13-20(19)26(24,25)23(14-16-7-3-1-4-8-16)15-17-9-5-2-6-10-17;7-5-2-1-4(9)3-6(5)12(8,10)11/h1-13H,14-15,22H2;1-3H,9H2. The zero-order valence-electron chi connectivity index (χ0n) is 19.8. The maximum absolute atomic E-state index is 13.3. The van der Waals surface area contributed by atoms with Crippen LogP contribution in [0.15, 0.2) is 107 Å². The predicted molar refractivity (Wildman–Crippen MR) is 154 cm³/mol. The van der Waals surface area contributed by atoms with Crippen LogP contribution < -0.4 is 11.5 Å². The van der Waals surface area contributed by atoms with E-state index in [0.717, 1.165) is 11.1 Å². The van der Waals surface area contributed by atoms with Gasteiger partial charge in [-0.15, -0.1) is 0 Å². The van der Waals surface area contributed by atoms with Crippen LogP contribution in [0.3, 0.4) is 0 Å². The molecule has 0 bridgehead atoms. The number of rotatable bonds is 7. The summed E-state index contributed by atoms with van der Waals surface area (Å²) in [5.74, 6) is 0. The molecule has 0 aliphatic rings. The average molecular weight is 613 g/mol. The van der Waals surface area contributed by atoms with Gasteiger partial charge >= 0.3 is 0 Å². The number of benzene rings is 4. The molecule has 0 aromatic heterocycles. The Balaban J connectivity index is 0.000000279. The van der Waals surface area contributed by atoms with Crippen molar-refractivity contribution in [3.05, 3.63) is 118 Å². The van der Waals surface area contributed by atoms with Gasteiger partial charge in [-0.1, -0.05) is 83.9 Å². The Bertz CT molecular complexity index is 1560. The zero-order valence-corrected chi connectivity index (χ0v) is 23.7. The third kappa shape index (κ3) is 8.10. The number of hydrogen-bond donors (Lipinski definition) is 2. The average Bonchev–Trinajstić information content (AvgIpc) is 2.87. The van der Waals surface area contributed by atoms with E-state index >= 15 is 0 Å². The highest BCUT2D eigenvalue weighted by molar-refractivity contribution is 8.13. The highest BCUT2D eigenvalue weighted by Crippen LogP contribution is 2.29. The summed E-state index contributed by atoms with van der Waals surface area (Å²) in [6, 6.07) is 27.5. The first kappa shape index (κ1) is 29.8. The molecule has 0 heterocycles. The minimum Gasteiger partial charge on any atom is -0.399 e. The lowest BCUT2D eigenvalue weighted by molar-refractivity contribution is 0.401. The van der Waals surface area contributed by atoms with E-state index in [-0.39, 0.29) is 32.9 Å². The van der Waals surface area contributed by atoms with Crippen molar-refractivity contribution in [1.29, 1.82) is 0 Å². The summed E-state index contributed by atoms with van der Waals surface area (Å²) in [4.78, 5) is -0.142. The molecule has 0 radical (unpaired) electrons. The van der Waals surface area contributed by atoms with Gasteiger partial charge in [0.2, 0.25) is 10.0 Å². The third-order valence-electron chi connectivity index (χ3n) is 5.19. The molecule has 0 aliphatic carbocycles. The highest BCUT2D eigenvalue weighted by atomic mass is 35.7. The van der Waals surface area contributed by atoms with E-state index in [2.05, 4.69) is 0 Å². The summed E-state index contributed by atoms with van der Waals surface area (Å²) in [6.07, 6.45) is 0. The van der Waals surface area contributed by atoms with Crippen LogP contribution >= 0.6 is 33.9 Å². The van der Waals surface area contributed by atoms with E-state index in [9.17, 15) is 16.8 Å². The number of nitrogens with two attached hydrogens (primary N) is 2. The molecule has 0 amide bonds. The van der Waals surface area contributed by atoms with Crippen LogP contribution in [-0.2, 0) is 32.2 Å². The van der Waals surface area contributed by atoms with Crippen molar-refractivity contribution >= 4 is 64.3 Å². The third-order valence-corrected chi connectivity index (χ3v) is 9.27. The van der Waals surface area contributed by atoms with Gasteiger partial charge in [0.25, 0.3) is 9.05 Å². The fourth-order valence-electron chi connectivity index (χ4n) is 3.36. The van der Waals surface area contributed by atoms with E-state index < -0.39 is 19.1 Å². The molecule has 38 heavy (non-hydrogen) atoms. The van der Waals surface area contributed by atoms with Crippen LogP contribution in [0.1, 0.15) is 11.1 Å². The van der Waals surface area contributed by atoms with E-state index in [1.54, 1.807) is 6.07 Å². The Morgan fingerprint density at radius 3 is 1.39 bits per heavy atom. The van der Waals surface area contributed by atoms with Crippen molar-refractivity contribution in [3.8, 4) is 0 Å². The normalized spacial score (nSPS) is 11.6. The molecule has 0 atom stereocenters. The van der Waals surface area contributed by atoms with E-state index in [1.807, 2.05) is 60.7 Å². The summed E-state index contributed by atoms with van der Waals surface area (Å²) in [5.41, 5.74) is 13.6. The molecule has 12 heteroatoms. The van der Waals surface area contributed by atoms with Gasteiger partial charge in [-0.05, 0) is 47.5 Å². The van der Waals surface area contributed by atoms with Gasteiger partial charge in [-0.2, -0.15) is 4.31 Å². The first-order valence-electron chi connectivity index (χ1n) is 11.0. The Morgan fingerprint density at radius 1 is 0.605 bits per heavy atom. The van der Waals surface area contributed by atoms with Crippen molar-refractivity contribution in [2.45, 2.75) is 22.9 Å². The Hall–Kier alpha value is -2.79. The second-order valence-corrected chi connectivity index (χ2v) is 13.3. The largest absolute Gasteiger partial charge is 0.399 e. The lowest BCUT2D eigenvalue weighted by atomic mass is 10.2. The molecule has 200 valence electrons. The van der Waals surface area contributed by atoms with E-state index in [4.69, 9.17) is 45.4 Å². The van der Waals surface area contributed by atoms with Crippen molar-refractivity contribution < 1.29 is 16.8 Å². The maximum Gasteiger partial charge on any atom is 0.262 e. The van der Waals surface area contributed by atoms with Crippen LogP contribution in [0.25, 0.3) is 0 Å². The van der Waals surface area contributed by atoms with Crippen molar-refractivity contribution in [3.63, 3.8) is 0 Å². The number of halogens is 3. The number of nitrogens with zero attached hydrogens (tertiary/aromatic N) is 1. The van der Waals surface area contributed by atoms with Crippen LogP contribution in [0, 0.1) is 0 Å². The van der Waals surface area contributed by atoms with Crippen molar-refractivity contribution in [2.24, 2.45) is 0 Å². The molecule has 0 spiro atoms. The SMILES string of the molecule is Nc1ccc(Cl)c(S(=O)(=O)Cl)c1.Nc1ccc(Cl)c(S(=O)(=O)N(Cc2ccccc2)Cc2ccccc2)c1. The summed E-state index contributed by atoms with van der Waals surface area (Å²) < 4.78 is 49.7. The Labute approximate surface area is 237 Å². The lowest BCUT2D eigenvalue weighted by Crippen LogP contribution is -2.30. The first-order chi connectivity index (χ1) is 17.9.